The fraction of sp³-hybridized carbons (Fsp3) is 0.464. The van der Waals surface area contributed by atoms with E-state index in [2.05, 4.69) is 38.9 Å². The summed E-state index contributed by atoms with van der Waals surface area (Å²) < 4.78 is 19.2. The summed E-state index contributed by atoms with van der Waals surface area (Å²) in [5.41, 5.74) is 1.82. The Morgan fingerprint density at radius 2 is 2.00 bits per heavy atom. The van der Waals surface area contributed by atoms with E-state index in [0.29, 0.717) is 24.6 Å². The van der Waals surface area contributed by atoms with Crippen LogP contribution in [0.3, 0.4) is 0 Å². The number of fused-ring (bicyclic) bond motifs is 3. The van der Waals surface area contributed by atoms with Crippen molar-refractivity contribution in [2.75, 3.05) is 57.7 Å². The molecule has 8 nitrogen and oxygen atoms in total. The molecule has 1 N–H and O–H groups in total. The molecule has 0 spiro atoms. The number of carbonyl (C=O) groups excluding carboxylic acids is 1. The highest BCUT2D eigenvalue weighted by molar-refractivity contribution is 7.19. The molecule has 5 rings (SSSR count). The Kier molecular flexibility index (Phi) is 9.09. The summed E-state index contributed by atoms with van der Waals surface area (Å²) in [5.74, 6) is 0.229. The number of benzene rings is 1. The normalized spacial score (nSPS) is 16.9. The summed E-state index contributed by atoms with van der Waals surface area (Å²) in [6.07, 6.45) is 6.22. The molecule has 11 heteroatoms. The van der Waals surface area contributed by atoms with Crippen molar-refractivity contribution in [3.05, 3.63) is 58.0 Å². The maximum atomic E-state index is 13.6. The Morgan fingerprint density at radius 3 is 2.77 bits per heavy atom. The molecule has 1 aromatic carbocycles. The Hall–Kier alpha value is -2.63. The Balaban J connectivity index is 1.16. The van der Waals surface area contributed by atoms with Crippen LogP contribution < -0.4 is 5.32 Å². The molecule has 0 atom stereocenters. The number of nitrogens with zero attached hydrogens (tertiary/aromatic N) is 5. The van der Waals surface area contributed by atoms with E-state index >= 15 is 0 Å². The van der Waals surface area contributed by atoms with Crippen LogP contribution in [0.1, 0.15) is 24.3 Å². The number of halogens is 2. The van der Waals surface area contributed by atoms with E-state index in [1.807, 2.05) is 11.0 Å². The van der Waals surface area contributed by atoms with Gasteiger partial charge in [0, 0.05) is 62.5 Å². The van der Waals surface area contributed by atoms with Crippen molar-refractivity contribution in [2.45, 2.75) is 32.9 Å². The monoisotopic (exact) mass is 572 g/mol. The van der Waals surface area contributed by atoms with Crippen LogP contribution in [0.4, 0.5) is 15.9 Å². The molecule has 3 aromatic rings. The highest BCUT2D eigenvalue weighted by atomic mass is 35.5. The van der Waals surface area contributed by atoms with Gasteiger partial charge in [0.1, 0.15) is 22.8 Å². The van der Waals surface area contributed by atoms with Crippen LogP contribution in [0.2, 0.25) is 5.02 Å². The van der Waals surface area contributed by atoms with Crippen LogP contribution in [-0.4, -0.2) is 89.1 Å². The smallest absolute Gasteiger partial charge is 0.246 e. The number of nitrogens with one attached hydrogen (secondary N) is 1. The van der Waals surface area contributed by atoms with Crippen LogP contribution in [0.5, 0.6) is 0 Å². The Bertz CT molecular complexity index is 1340. The number of ether oxygens (including phenoxy) is 1. The number of hydrogen-bond acceptors (Lipinski definition) is 8. The number of rotatable bonds is 9. The number of carbonyl (C=O) groups is 1. The first-order valence-corrected chi connectivity index (χ1v) is 14.6. The van der Waals surface area contributed by atoms with Crippen molar-refractivity contribution in [1.29, 1.82) is 0 Å². The van der Waals surface area contributed by atoms with Gasteiger partial charge in [0.25, 0.3) is 0 Å². The lowest BCUT2D eigenvalue weighted by molar-refractivity contribution is -0.126. The number of thiophene rings is 1. The summed E-state index contributed by atoms with van der Waals surface area (Å²) in [7, 11) is 0. The summed E-state index contributed by atoms with van der Waals surface area (Å²) in [6, 6.07) is 4.50. The maximum absolute atomic E-state index is 13.6. The van der Waals surface area contributed by atoms with Crippen molar-refractivity contribution >= 4 is 50.6 Å². The molecule has 0 radical (unpaired) electrons. The average Bonchev–Trinajstić information content (AvgIpc) is 3.30. The van der Waals surface area contributed by atoms with E-state index < -0.39 is 5.82 Å². The van der Waals surface area contributed by atoms with Gasteiger partial charge in [-0.2, -0.15) is 0 Å². The standard InChI is InChI=1S/C28H34ClFN6O2S/c1-19(2)38-15-14-35-12-10-34(11-13-35)8-3-4-25(37)36-9-7-21-24(17-36)39-28-26(21)27(31-18-32-28)33-20-5-6-23(30)22(29)16-20/h3-6,16,18-19H,7-15,17H2,1-2H3,(H,31,32,33)/b4-3+. The van der Waals surface area contributed by atoms with Gasteiger partial charge in [-0.25, -0.2) is 14.4 Å². The van der Waals surface area contributed by atoms with Crippen LogP contribution in [-0.2, 0) is 22.5 Å². The summed E-state index contributed by atoms with van der Waals surface area (Å²) in [6.45, 7) is 11.9. The molecule has 39 heavy (non-hydrogen) atoms. The molecule has 1 fully saturated rings. The molecule has 0 unspecified atom stereocenters. The minimum atomic E-state index is -0.465. The number of hydrogen-bond donors (Lipinski definition) is 1. The average molecular weight is 573 g/mol. The minimum Gasteiger partial charge on any atom is -0.377 e. The third kappa shape index (κ3) is 6.93. The van der Waals surface area contributed by atoms with Gasteiger partial charge in [-0.05, 0) is 44.0 Å². The molecular formula is C28H34ClFN6O2S. The van der Waals surface area contributed by atoms with Gasteiger partial charge in [-0.3, -0.25) is 14.6 Å². The van der Waals surface area contributed by atoms with E-state index in [1.165, 1.54) is 12.4 Å². The van der Waals surface area contributed by atoms with Crippen molar-refractivity contribution in [3.63, 3.8) is 0 Å². The van der Waals surface area contributed by atoms with Gasteiger partial charge in [0.15, 0.2) is 0 Å². The second kappa shape index (κ2) is 12.7. The quantitative estimate of drug-likeness (QED) is 0.372. The van der Waals surface area contributed by atoms with E-state index in [9.17, 15) is 9.18 Å². The predicted octanol–water partition coefficient (Wildman–Crippen LogP) is 4.71. The van der Waals surface area contributed by atoms with Crippen molar-refractivity contribution in [1.82, 2.24) is 24.7 Å². The molecule has 208 valence electrons. The Labute approximate surface area is 237 Å². The number of piperazine rings is 1. The van der Waals surface area contributed by atoms with Gasteiger partial charge in [-0.1, -0.05) is 17.7 Å². The zero-order chi connectivity index (χ0) is 27.4. The molecule has 1 amide bonds. The first kappa shape index (κ1) is 27.9. The van der Waals surface area contributed by atoms with Gasteiger partial charge in [0.05, 0.1) is 29.7 Å². The van der Waals surface area contributed by atoms with E-state index in [1.54, 1.807) is 29.5 Å². The fourth-order valence-electron chi connectivity index (χ4n) is 4.94. The topological polar surface area (TPSA) is 73.8 Å². The Morgan fingerprint density at radius 1 is 1.21 bits per heavy atom. The predicted molar refractivity (Wildman–Crippen MR) is 154 cm³/mol. The zero-order valence-corrected chi connectivity index (χ0v) is 23.9. The van der Waals surface area contributed by atoms with Crippen molar-refractivity contribution in [2.24, 2.45) is 0 Å². The molecule has 0 aliphatic carbocycles. The van der Waals surface area contributed by atoms with Crippen LogP contribution in [0.25, 0.3) is 10.2 Å². The SMILES string of the molecule is CC(C)OCCN1CCN(C/C=C/C(=O)N2CCc3c(sc4ncnc(Nc5ccc(F)c(Cl)c5)c34)C2)CC1. The summed E-state index contributed by atoms with van der Waals surface area (Å²) >= 11 is 7.54. The van der Waals surface area contributed by atoms with Gasteiger partial charge in [-0.15, -0.1) is 11.3 Å². The first-order chi connectivity index (χ1) is 18.9. The van der Waals surface area contributed by atoms with Crippen LogP contribution in [0, 0.1) is 5.82 Å². The highest BCUT2D eigenvalue weighted by Gasteiger charge is 2.26. The maximum Gasteiger partial charge on any atom is 0.246 e. The lowest BCUT2D eigenvalue weighted by Gasteiger charge is -2.34. The summed E-state index contributed by atoms with van der Waals surface area (Å²) in [5, 5.41) is 4.26. The zero-order valence-electron chi connectivity index (χ0n) is 22.3. The van der Waals surface area contributed by atoms with E-state index in [-0.39, 0.29) is 17.0 Å². The fourth-order valence-corrected chi connectivity index (χ4v) is 6.33. The number of aromatic nitrogens is 2. The molecule has 1 saturated heterocycles. The third-order valence-corrected chi connectivity index (χ3v) is 8.49. The van der Waals surface area contributed by atoms with Crippen molar-refractivity contribution < 1.29 is 13.9 Å². The van der Waals surface area contributed by atoms with E-state index in [4.69, 9.17) is 16.3 Å². The molecule has 0 bridgehead atoms. The largest absolute Gasteiger partial charge is 0.377 e. The van der Waals surface area contributed by atoms with Gasteiger partial charge in [0.2, 0.25) is 5.91 Å². The highest BCUT2D eigenvalue weighted by Crippen LogP contribution is 2.38. The minimum absolute atomic E-state index is 0.0352. The molecular weight excluding hydrogens is 539 g/mol. The third-order valence-electron chi connectivity index (χ3n) is 7.08. The van der Waals surface area contributed by atoms with E-state index in [0.717, 1.165) is 73.0 Å². The lowest BCUT2D eigenvalue weighted by atomic mass is 10.0. The van der Waals surface area contributed by atoms with Gasteiger partial charge < -0.3 is 15.0 Å². The molecule has 2 aliphatic heterocycles. The van der Waals surface area contributed by atoms with Crippen molar-refractivity contribution in [3.8, 4) is 0 Å². The second-order valence-electron chi connectivity index (χ2n) is 10.1. The lowest BCUT2D eigenvalue weighted by Crippen LogP contribution is -2.47. The number of anilines is 2. The van der Waals surface area contributed by atoms with Crippen LogP contribution >= 0.6 is 22.9 Å². The molecule has 2 aromatic heterocycles. The summed E-state index contributed by atoms with van der Waals surface area (Å²) in [4.78, 5) is 30.6. The molecule has 0 saturated carbocycles. The van der Waals surface area contributed by atoms with Crippen LogP contribution in [0.15, 0.2) is 36.7 Å². The molecule has 4 heterocycles. The van der Waals surface area contributed by atoms with Gasteiger partial charge >= 0.3 is 0 Å². The molecule has 2 aliphatic rings. The first-order valence-electron chi connectivity index (χ1n) is 13.4. The number of amides is 1. The second-order valence-corrected chi connectivity index (χ2v) is 11.6.